The minimum Gasteiger partial charge on any atom is -0.446 e. The zero-order valence-electron chi connectivity index (χ0n) is 27.7. The maximum absolute atomic E-state index is 12.8. The number of sulfonamides is 1. The van der Waals surface area contributed by atoms with E-state index in [2.05, 4.69) is 46.0 Å². The van der Waals surface area contributed by atoms with Gasteiger partial charge in [-0.25, -0.2) is 17.5 Å². The van der Waals surface area contributed by atoms with Crippen LogP contribution in [0.3, 0.4) is 0 Å². The molecule has 1 amide bonds. The molecule has 43 heavy (non-hydrogen) atoms. The van der Waals surface area contributed by atoms with Crippen molar-refractivity contribution in [3.8, 4) is 0 Å². The lowest BCUT2D eigenvalue weighted by Crippen LogP contribution is -2.51. The molecule has 3 saturated carbocycles. The van der Waals surface area contributed by atoms with E-state index in [4.69, 9.17) is 4.74 Å². The molecule has 0 aromatic heterocycles. The van der Waals surface area contributed by atoms with Gasteiger partial charge in [-0.2, -0.15) is 0 Å². The third-order valence-corrected chi connectivity index (χ3v) is 14.2. The molecular weight excluding hydrogens is 556 g/mol. The number of hydrogen-bond acceptors (Lipinski definition) is 4. The number of nitrogens with one attached hydrogen (secondary N) is 1. The summed E-state index contributed by atoms with van der Waals surface area (Å²) in [4.78, 5) is 13.0. The highest BCUT2D eigenvalue weighted by Crippen LogP contribution is 2.67. The minimum atomic E-state index is -3.51. The predicted molar refractivity (Wildman–Crippen MR) is 174 cm³/mol. The van der Waals surface area contributed by atoms with Crippen LogP contribution in [0.5, 0.6) is 0 Å². The summed E-state index contributed by atoms with van der Waals surface area (Å²) in [5.41, 5.74) is 2.75. The van der Waals surface area contributed by atoms with Gasteiger partial charge in [0, 0.05) is 26.2 Å². The molecule has 4 aliphatic rings. The van der Waals surface area contributed by atoms with Crippen molar-refractivity contribution in [1.82, 2.24) is 4.31 Å². The number of benzene rings is 1. The molecule has 0 spiro atoms. The largest absolute Gasteiger partial charge is 0.446 e. The van der Waals surface area contributed by atoms with Gasteiger partial charge in [0.2, 0.25) is 10.0 Å². The summed E-state index contributed by atoms with van der Waals surface area (Å²) in [6.07, 6.45) is 15.6. The number of fused-ring (bicyclic) bond motifs is 5. The Kier molecular flexibility index (Phi) is 9.46. The lowest BCUT2D eigenvalue weighted by Gasteiger charge is -2.58. The zero-order chi connectivity index (χ0) is 31.2. The van der Waals surface area contributed by atoms with E-state index in [1.807, 2.05) is 0 Å². The van der Waals surface area contributed by atoms with Gasteiger partial charge in [0.1, 0.15) is 6.10 Å². The van der Waals surface area contributed by atoms with Gasteiger partial charge in [0.05, 0.1) is 4.90 Å². The SMILES string of the molecule is CC(C)CCC[C@H](C)[C@H]1CC[C@H]2[C@@H]3CC=C4C[C@@H](OC(=O)Nc5ccc(S(=O)(=O)N(C)C)cc5)CC[C@]4(C)[C@H]3CC[C@]12C. The number of anilines is 1. The van der Waals surface area contributed by atoms with E-state index < -0.39 is 16.1 Å². The number of ether oxygens (including phenoxy) is 1. The Hall–Kier alpha value is -1.86. The molecule has 240 valence electrons. The summed E-state index contributed by atoms with van der Waals surface area (Å²) in [7, 11) is -0.504. The number of carbonyl (C=O) groups excluding carboxylic acids is 1. The van der Waals surface area contributed by atoms with Crippen LogP contribution in [0.2, 0.25) is 0 Å². The molecule has 7 heteroatoms. The molecule has 4 aliphatic carbocycles. The molecule has 1 N–H and O–H groups in total. The standard InChI is InChI=1S/C36H56N2O4S/c1-24(2)9-8-10-25(3)31-17-18-32-30-16-11-26-23-28(19-21-35(26,4)33(30)20-22-36(31,32)5)42-34(39)37-27-12-14-29(15-13-27)43(40,41)38(6)7/h11-15,24-25,28,30-33H,8-10,16-23H2,1-7H3,(H,37,39)/t25-,28-,30-,31+,32-,33-,35-,36+/m0/s1. The first kappa shape index (κ1) is 32.5. The number of carbonyl (C=O) groups is 1. The fraction of sp³-hybridized carbons (Fsp3) is 0.750. The molecular formula is C36H56N2O4S. The normalized spacial score (nSPS) is 34.6. The van der Waals surface area contributed by atoms with Gasteiger partial charge < -0.3 is 4.74 Å². The summed E-state index contributed by atoms with van der Waals surface area (Å²) in [5, 5.41) is 2.80. The van der Waals surface area contributed by atoms with Gasteiger partial charge >= 0.3 is 6.09 Å². The average molecular weight is 613 g/mol. The first-order valence-electron chi connectivity index (χ1n) is 17.0. The fourth-order valence-electron chi connectivity index (χ4n) is 9.97. The highest BCUT2D eigenvalue weighted by molar-refractivity contribution is 7.89. The molecule has 8 atom stereocenters. The van der Waals surface area contributed by atoms with Crippen LogP contribution < -0.4 is 5.32 Å². The number of allylic oxidation sites excluding steroid dienone is 1. The topological polar surface area (TPSA) is 75.7 Å². The molecule has 0 saturated heterocycles. The van der Waals surface area contributed by atoms with Gasteiger partial charge in [0.25, 0.3) is 0 Å². The van der Waals surface area contributed by atoms with E-state index in [9.17, 15) is 13.2 Å². The number of hydrogen-bond donors (Lipinski definition) is 1. The van der Waals surface area contributed by atoms with Crippen LogP contribution in [-0.2, 0) is 14.8 Å². The van der Waals surface area contributed by atoms with Gasteiger partial charge in [-0.3, -0.25) is 5.32 Å². The first-order valence-corrected chi connectivity index (χ1v) is 18.4. The summed E-state index contributed by atoms with van der Waals surface area (Å²) >= 11 is 0. The molecule has 0 radical (unpaired) electrons. The summed E-state index contributed by atoms with van der Waals surface area (Å²) in [5.74, 6) is 4.89. The van der Waals surface area contributed by atoms with Gasteiger partial charge in [-0.1, -0.05) is 65.5 Å². The molecule has 0 aliphatic heterocycles. The first-order chi connectivity index (χ1) is 20.3. The monoisotopic (exact) mass is 612 g/mol. The van der Waals surface area contributed by atoms with Crippen LogP contribution in [0, 0.1) is 46.3 Å². The lowest BCUT2D eigenvalue weighted by atomic mass is 9.47. The lowest BCUT2D eigenvalue weighted by molar-refractivity contribution is -0.0577. The van der Waals surface area contributed by atoms with Crippen LogP contribution in [0.1, 0.15) is 105 Å². The molecule has 0 bridgehead atoms. The van der Waals surface area contributed by atoms with Crippen molar-refractivity contribution in [3.05, 3.63) is 35.9 Å². The van der Waals surface area contributed by atoms with Gasteiger partial charge in [-0.05, 0) is 116 Å². The number of nitrogens with zero attached hydrogens (tertiary/aromatic N) is 1. The van der Waals surface area contributed by atoms with Gasteiger partial charge in [0.15, 0.2) is 0 Å². The van der Waals surface area contributed by atoms with Crippen molar-refractivity contribution in [3.63, 3.8) is 0 Å². The highest BCUT2D eigenvalue weighted by atomic mass is 32.2. The summed E-state index contributed by atoms with van der Waals surface area (Å²) in [6.45, 7) is 12.4. The Bertz CT molecular complexity index is 1290. The third kappa shape index (κ3) is 6.32. The molecule has 6 nitrogen and oxygen atoms in total. The van der Waals surface area contributed by atoms with Gasteiger partial charge in [-0.15, -0.1) is 0 Å². The molecule has 1 aromatic rings. The highest BCUT2D eigenvalue weighted by Gasteiger charge is 2.59. The average Bonchev–Trinajstić information content (AvgIpc) is 3.30. The van der Waals surface area contributed by atoms with Crippen LogP contribution in [0.25, 0.3) is 0 Å². The van der Waals surface area contributed by atoms with E-state index >= 15 is 0 Å². The molecule has 0 heterocycles. The van der Waals surface area contributed by atoms with Crippen molar-refractivity contribution in [2.24, 2.45) is 46.3 Å². The molecule has 1 aromatic carbocycles. The zero-order valence-corrected chi connectivity index (χ0v) is 28.5. The van der Waals surface area contributed by atoms with E-state index in [1.54, 1.807) is 12.1 Å². The van der Waals surface area contributed by atoms with E-state index in [0.717, 1.165) is 54.8 Å². The molecule has 3 fully saturated rings. The Morgan fingerprint density at radius 2 is 1.72 bits per heavy atom. The molecule has 0 unspecified atom stereocenters. The van der Waals surface area contributed by atoms with Crippen molar-refractivity contribution in [1.29, 1.82) is 0 Å². The van der Waals surface area contributed by atoms with Crippen LogP contribution in [0.15, 0.2) is 40.8 Å². The smallest absolute Gasteiger partial charge is 0.411 e. The quantitative estimate of drug-likeness (QED) is 0.283. The van der Waals surface area contributed by atoms with Crippen LogP contribution >= 0.6 is 0 Å². The van der Waals surface area contributed by atoms with E-state index in [1.165, 1.54) is 87.5 Å². The van der Waals surface area contributed by atoms with Crippen LogP contribution in [0.4, 0.5) is 10.5 Å². The predicted octanol–water partition coefficient (Wildman–Crippen LogP) is 8.90. The Labute approximate surface area is 261 Å². The van der Waals surface area contributed by atoms with Crippen molar-refractivity contribution in [2.45, 2.75) is 116 Å². The maximum Gasteiger partial charge on any atom is 0.411 e. The second-order valence-electron chi connectivity index (χ2n) is 15.5. The summed E-state index contributed by atoms with van der Waals surface area (Å²) < 4.78 is 31.8. The Morgan fingerprint density at radius 3 is 2.40 bits per heavy atom. The third-order valence-electron chi connectivity index (χ3n) is 12.4. The van der Waals surface area contributed by atoms with Crippen molar-refractivity contribution >= 4 is 21.8 Å². The summed E-state index contributed by atoms with van der Waals surface area (Å²) in [6, 6.07) is 6.23. The fourth-order valence-corrected chi connectivity index (χ4v) is 10.9. The maximum atomic E-state index is 12.8. The van der Waals surface area contributed by atoms with Crippen molar-refractivity contribution in [2.75, 3.05) is 19.4 Å². The second-order valence-corrected chi connectivity index (χ2v) is 17.6. The Morgan fingerprint density at radius 1 is 1.00 bits per heavy atom. The number of amides is 1. The number of rotatable bonds is 9. The minimum absolute atomic E-state index is 0.124. The Balaban J connectivity index is 1.19. The van der Waals surface area contributed by atoms with Crippen LogP contribution in [-0.4, -0.2) is 39.0 Å². The van der Waals surface area contributed by atoms with E-state index in [0.29, 0.717) is 11.1 Å². The van der Waals surface area contributed by atoms with E-state index in [-0.39, 0.29) is 16.4 Å². The van der Waals surface area contributed by atoms with Crippen molar-refractivity contribution < 1.29 is 17.9 Å². The second kappa shape index (κ2) is 12.5. The molecule has 5 rings (SSSR count).